The molecule has 2 atom stereocenters. The number of aliphatic hydroxyl groups is 1. The van der Waals surface area contributed by atoms with E-state index in [0.29, 0.717) is 0 Å². The van der Waals surface area contributed by atoms with Gasteiger partial charge in [0.15, 0.2) is 6.10 Å². The fraction of sp³-hybridized carbons (Fsp3) is 0.857. The summed E-state index contributed by atoms with van der Waals surface area (Å²) in [5.74, 6) is -0.439. The van der Waals surface area contributed by atoms with Gasteiger partial charge >= 0.3 is 5.97 Å². The van der Waals surface area contributed by atoms with Crippen molar-refractivity contribution in [3.05, 3.63) is 0 Å². The second kappa shape index (κ2) is 4.39. The zero-order valence-electron chi connectivity index (χ0n) is 6.86. The molecule has 0 aromatic carbocycles. The Morgan fingerprint density at radius 2 is 2.33 bits per heavy atom. The molecule has 0 aromatic rings. The van der Waals surface area contributed by atoms with Crippen LogP contribution in [0.25, 0.3) is 0 Å². The van der Waals surface area contributed by atoms with Crippen molar-refractivity contribution >= 4 is 5.97 Å². The highest BCUT2D eigenvalue weighted by Gasteiger charge is 2.27. The molecule has 0 saturated carbocycles. The lowest BCUT2D eigenvalue weighted by Gasteiger charge is -2.26. The van der Waals surface area contributed by atoms with Gasteiger partial charge in [-0.25, -0.2) is 4.79 Å². The summed E-state index contributed by atoms with van der Waals surface area (Å²) in [4.78, 5) is 10.9. The van der Waals surface area contributed by atoms with Crippen molar-refractivity contribution < 1.29 is 24.1 Å². The fourth-order valence-corrected chi connectivity index (χ4v) is 0.916. The fourth-order valence-electron chi connectivity index (χ4n) is 0.916. The first-order valence-electron chi connectivity index (χ1n) is 3.69. The maximum Gasteiger partial charge on any atom is 0.337 e. The van der Waals surface area contributed by atoms with Gasteiger partial charge in [0, 0.05) is 0 Å². The zero-order valence-corrected chi connectivity index (χ0v) is 6.86. The van der Waals surface area contributed by atoms with Crippen LogP contribution in [0.5, 0.6) is 0 Å². The SMILES string of the molecule is COC(=O)[C@@H]1CO[C@@H](CO)CO1. The third kappa shape index (κ3) is 2.17. The number of carbonyl (C=O) groups is 1. The van der Waals surface area contributed by atoms with Crippen LogP contribution >= 0.6 is 0 Å². The van der Waals surface area contributed by atoms with E-state index in [0.717, 1.165) is 0 Å². The Morgan fingerprint density at radius 1 is 1.58 bits per heavy atom. The molecule has 1 rings (SSSR count). The predicted molar refractivity (Wildman–Crippen MR) is 38.6 cm³/mol. The smallest absolute Gasteiger partial charge is 0.337 e. The van der Waals surface area contributed by atoms with Crippen LogP contribution in [0.1, 0.15) is 0 Å². The second-order valence-corrected chi connectivity index (χ2v) is 2.48. The van der Waals surface area contributed by atoms with E-state index in [9.17, 15) is 4.79 Å². The summed E-state index contributed by atoms with van der Waals surface area (Å²) in [7, 11) is 1.30. The highest BCUT2D eigenvalue weighted by atomic mass is 16.6. The first kappa shape index (κ1) is 9.44. The van der Waals surface area contributed by atoms with Gasteiger partial charge in [0.2, 0.25) is 0 Å². The molecule has 0 amide bonds. The summed E-state index contributed by atoms with van der Waals surface area (Å²) in [6.07, 6.45) is -0.955. The normalized spacial score (nSPS) is 29.8. The third-order valence-corrected chi connectivity index (χ3v) is 1.63. The Bertz CT molecular complexity index is 150. The number of hydrogen-bond donors (Lipinski definition) is 1. The number of rotatable bonds is 2. The first-order chi connectivity index (χ1) is 5.77. The molecule has 1 aliphatic rings. The maximum absolute atomic E-state index is 10.9. The van der Waals surface area contributed by atoms with E-state index >= 15 is 0 Å². The van der Waals surface area contributed by atoms with E-state index in [-0.39, 0.29) is 25.9 Å². The molecule has 0 radical (unpaired) electrons. The van der Waals surface area contributed by atoms with Crippen LogP contribution in [0.2, 0.25) is 0 Å². The molecule has 5 nitrogen and oxygen atoms in total. The van der Waals surface area contributed by atoms with Gasteiger partial charge in [0.25, 0.3) is 0 Å². The predicted octanol–water partition coefficient (Wildman–Crippen LogP) is -1.06. The second-order valence-electron chi connectivity index (χ2n) is 2.48. The van der Waals surface area contributed by atoms with Gasteiger partial charge in [-0.15, -0.1) is 0 Å². The van der Waals surface area contributed by atoms with Crippen LogP contribution in [0.15, 0.2) is 0 Å². The molecule has 0 bridgehead atoms. The Kier molecular flexibility index (Phi) is 3.46. The minimum absolute atomic E-state index is 0.0894. The average Bonchev–Trinajstić information content (AvgIpc) is 2.17. The van der Waals surface area contributed by atoms with Gasteiger partial charge in [0.05, 0.1) is 26.9 Å². The highest BCUT2D eigenvalue weighted by Crippen LogP contribution is 2.07. The van der Waals surface area contributed by atoms with Crippen LogP contribution < -0.4 is 0 Å². The van der Waals surface area contributed by atoms with Gasteiger partial charge in [-0.2, -0.15) is 0 Å². The highest BCUT2D eigenvalue weighted by molar-refractivity contribution is 5.74. The van der Waals surface area contributed by atoms with Crippen molar-refractivity contribution in [3.63, 3.8) is 0 Å². The van der Waals surface area contributed by atoms with Crippen LogP contribution in [-0.4, -0.2) is 50.2 Å². The van der Waals surface area contributed by atoms with Crippen LogP contribution in [-0.2, 0) is 19.0 Å². The number of hydrogen-bond acceptors (Lipinski definition) is 5. The van der Waals surface area contributed by atoms with E-state index in [1.165, 1.54) is 7.11 Å². The summed E-state index contributed by atoms with van der Waals surface area (Å²) in [5.41, 5.74) is 0. The molecule has 1 heterocycles. The summed E-state index contributed by atoms with van der Waals surface area (Å²) in [5, 5.41) is 8.65. The number of esters is 1. The molecular formula is C7H12O5. The topological polar surface area (TPSA) is 65.0 Å². The van der Waals surface area contributed by atoms with Crippen molar-refractivity contribution in [2.45, 2.75) is 12.2 Å². The van der Waals surface area contributed by atoms with Crippen LogP contribution in [0.3, 0.4) is 0 Å². The van der Waals surface area contributed by atoms with Crippen LogP contribution in [0.4, 0.5) is 0 Å². The van der Waals surface area contributed by atoms with Crippen LogP contribution in [0, 0.1) is 0 Å². The van der Waals surface area contributed by atoms with Gasteiger partial charge in [-0.1, -0.05) is 0 Å². The molecule has 1 aliphatic heterocycles. The quantitative estimate of drug-likeness (QED) is 0.543. The Labute approximate surface area is 70.2 Å². The minimum Gasteiger partial charge on any atom is -0.467 e. The number of carbonyl (C=O) groups excluding carboxylic acids is 1. The summed E-state index contributed by atoms with van der Waals surface area (Å²) in [6.45, 7) is 0.294. The Balaban J connectivity index is 2.30. The molecule has 1 saturated heterocycles. The lowest BCUT2D eigenvalue weighted by atomic mass is 10.3. The molecule has 1 N–H and O–H groups in total. The summed E-state index contributed by atoms with van der Waals surface area (Å²) < 4.78 is 14.6. The molecule has 70 valence electrons. The van der Waals surface area contributed by atoms with Gasteiger partial charge in [-0.3, -0.25) is 0 Å². The Hall–Kier alpha value is -0.650. The lowest BCUT2D eigenvalue weighted by molar-refractivity contribution is -0.181. The standard InChI is InChI=1S/C7H12O5/c1-10-7(9)6-4-11-5(2-8)3-12-6/h5-6,8H,2-4H2,1H3/t5-,6-/m0/s1. The molecule has 0 aliphatic carbocycles. The van der Waals surface area contributed by atoms with E-state index in [1.807, 2.05) is 0 Å². The van der Waals surface area contributed by atoms with Crippen molar-refractivity contribution in [1.29, 1.82) is 0 Å². The molecule has 0 unspecified atom stereocenters. The largest absolute Gasteiger partial charge is 0.467 e. The van der Waals surface area contributed by atoms with Crippen molar-refractivity contribution in [2.75, 3.05) is 26.9 Å². The van der Waals surface area contributed by atoms with Crippen molar-refractivity contribution in [3.8, 4) is 0 Å². The summed E-state index contributed by atoms with van der Waals surface area (Å²) >= 11 is 0. The molecule has 12 heavy (non-hydrogen) atoms. The number of ether oxygens (including phenoxy) is 3. The van der Waals surface area contributed by atoms with Crippen molar-refractivity contribution in [1.82, 2.24) is 0 Å². The maximum atomic E-state index is 10.9. The molecule has 1 fully saturated rings. The monoisotopic (exact) mass is 176 g/mol. The lowest BCUT2D eigenvalue weighted by Crippen LogP contribution is -2.42. The van der Waals surface area contributed by atoms with Gasteiger partial charge < -0.3 is 19.3 Å². The van der Waals surface area contributed by atoms with E-state index in [2.05, 4.69) is 4.74 Å². The summed E-state index contributed by atoms with van der Waals surface area (Å²) in [6, 6.07) is 0. The van der Waals surface area contributed by atoms with Gasteiger partial charge in [0.1, 0.15) is 6.10 Å². The van der Waals surface area contributed by atoms with E-state index < -0.39 is 12.1 Å². The van der Waals surface area contributed by atoms with Crippen molar-refractivity contribution in [2.24, 2.45) is 0 Å². The molecule has 5 heteroatoms. The number of methoxy groups -OCH3 is 1. The molecule has 0 aromatic heterocycles. The Morgan fingerprint density at radius 3 is 2.75 bits per heavy atom. The zero-order chi connectivity index (χ0) is 8.97. The van der Waals surface area contributed by atoms with Gasteiger partial charge in [-0.05, 0) is 0 Å². The average molecular weight is 176 g/mol. The minimum atomic E-state index is -0.641. The number of aliphatic hydroxyl groups excluding tert-OH is 1. The molecule has 0 spiro atoms. The molecular weight excluding hydrogens is 164 g/mol. The van der Waals surface area contributed by atoms with E-state index in [1.54, 1.807) is 0 Å². The third-order valence-electron chi connectivity index (χ3n) is 1.63. The first-order valence-corrected chi connectivity index (χ1v) is 3.69. The van der Waals surface area contributed by atoms with E-state index in [4.69, 9.17) is 14.6 Å².